The molecule has 8 nitrogen and oxygen atoms in total. The molecule has 0 saturated carbocycles. The summed E-state index contributed by atoms with van der Waals surface area (Å²) in [6, 6.07) is 6.42. The van der Waals surface area contributed by atoms with Crippen LogP contribution in [-0.4, -0.2) is 20.6 Å². The molecule has 9 heteroatoms. The molecule has 0 spiro atoms. The second-order valence-corrected chi connectivity index (χ2v) is 5.20. The fraction of sp³-hybridized carbons (Fsp3) is 0.214. The first-order valence-corrected chi connectivity index (χ1v) is 6.89. The molecule has 23 heavy (non-hydrogen) atoms. The molecule has 0 atom stereocenters. The van der Waals surface area contributed by atoms with Gasteiger partial charge in [0.2, 0.25) is 5.91 Å². The molecule has 1 aromatic heterocycles. The normalized spacial score (nSPS) is 10.2. The molecule has 118 valence electrons. The number of rotatable bonds is 4. The number of nitrogens with one attached hydrogen (secondary N) is 1. The Labute approximate surface area is 136 Å². The van der Waals surface area contributed by atoms with Crippen molar-refractivity contribution in [1.82, 2.24) is 9.78 Å². The van der Waals surface area contributed by atoms with Gasteiger partial charge in [-0.1, -0.05) is 11.6 Å². The second kappa shape index (κ2) is 6.46. The SMILES string of the molecule is Cc1nn(CC(=O)Nc2ccc(C#N)c(Cl)c2)c(C)c1[N+](=O)[O-]. The average molecular weight is 334 g/mol. The summed E-state index contributed by atoms with van der Waals surface area (Å²) < 4.78 is 1.27. The Morgan fingerprint density at radius 2 is 2.22 bits per heavy atom. The van der Waals surface area contributed by atoms with E-state index in [1.807, 2.05) is 6.07 Å². The summed E-state index contributed by atoms with van der Waals surface area (Å²) in [5, 5.41) is 26.6. The summed E-state index contributed by atoms with van der Waals surface area (Å²) in [5.41, 5.74) is 1.19. The Morgan fingerprint density at radius 1 is 1.52 bits per heavy atom. The summed E-state index contributed by atoms with van der Waals surface area (Å²) in [6.07, 6.45) is 0. The topological polar surface area (TPSA) is 114 Å². The van der Waals surface area contributed by atoms with Crippen molar-refractivity contribution in [3.05, 3.63) is 50.3 Å². The highest BCUT2D eigenvalue weighted by molar-refractivity contribution is 6.32. The largest absolute Gasteiger partial charge is 0.324 e. The van der Waals surface area contributed by atoms with Gasteiger partial charge in [-0.15, -0.1) is 0 Å². The van der Waals surface area contributed by atoms with Gasteiger partial charge in [0.25, 0.3) is 0 Å². The zero-order valence-electron chi connectivity index (χ0n) is 12.3. The molecule has 0 radical (unpaired) electrons. The quantitative estimate of drug-likeness (QED) is 0.682. The van der Waals surface area contributed by atoms with Crippen LogP contribution in [0, 0.1) is 35.3 Å². The smallest absolute Gasteiger partial charge is 0.312 e. The molecule has 0 saturated heterocycles. The number of anilines is 1. The summed E-state index contributed by atoms with van der Waals surface area (Å²) in [7, 11) is 0. The Balaban J connectivity index is 2.15. The Bertz CT molecular complexity index is 838. The van der Waals surface area contributed by atoms with Crippen molar-refractivity contribution in [1.29, 1.82) is 5.26 Å². The first-order valence-electron chi connectivity index (χ1n) is 6.51. The fourth-order valence-corrected chi connectivity index (χ4v) is 2.35. The number of carbonyl (C=O) groups excluding carboxylic acids is 1. The minimum atomic E-state index is -0.521. The molecule has 1 N–H and O–H groups in total. The number of aromatic nitrogens is 2. The standard InChI is InChI=1S/C14H12ClN5O3/c1-8-14(20(22)23)9(2)19(18-8)7-13(21)17-11-4-3-10(6-16)12(15)5-11/h3-5H,7H2,1-2H3,(H,17,21). The average Bonchev–Trinajstić information content (AvgIpc) is 2.73. The van der Waals surface area contributed by atoms with Gasteiger partial charge in [0.1, 0.15) is 24.0 Å². The first kappa shape index (κ1) is 16.5. The van der Waals surface area contributed by atoms with Crippen LogP contribution in [0.25, 0.3) is 0 Å². The highest BCUT2D eigenvalue weighted by atomic mass is 35.5. The summed E-state index contributed by atoms with van der Waals surface area (Å²) in [4.78, 5) is 22.5. The Morgan fingerprint density at radius 3 is 2.74 bits per heavy atom. The van der Waals surface area contributed by atoms with E-state index in [-0.39, 0.29) is 22.9 Å². The predicted molar refractivity (Wildman–Crippen MR) is 83.2 cm³/mol. The Kier molecular flexibility index (Phi) is 4.62. The molecule has 0 aliphatic heterocycles. The molecular weight excluding hydrogens is 322 g/mol. The molecule has 1 heterocycles. The number of hydrogen-bond acceptors (Lipinski definition) is 5. The second-order valence-electron chi connectivity index (χ2n) is 4.79. The van der Waals surface area contributed by atoms with Gasteiger partial charge in [-0.05, 0) is 32.0 Å². The molecule has 2 aromatic rings. The van der Waals surface area contributed by atoms with Crippen molar-refractivity contribution >= 4 is 28.9 Å². The van der Waals surface area contributed by atoms with Gasteiger partial charge in [-0.2, -0.15) is 10.4 Å². The lowest BCUT2D eigenvalue weighted by Crippen LogP contribution is -2.20. The summed E-state index contributed by atoms with van der Waals surface area (Å²) in [5.74, 6) is -0.411. The molecule has 0 aliphatic rings. The number of nitriles is 1. The molecule has 0 fully saturated rings. The van der Waals surface area contributed by atoms with Gasteiger partial charge in [0.15, 0.2) is 0 Å². The van der Waals surface area contributed by atoms with E-state index in [1.165, 1.54) is 30.7 Å². The van der Waals surface area contributed by atoms with E-state index in [0.717, 1.165) is 0 Å². The van der Waals surface area contributed by atoms with Gasteiger partial charge in [0.05, 0.1) is 15.5 Å². The van der Waals surface area contributed by atoms with E-state index in [1.54, 1.807) is 6.07 Å². The molecule has 0 bridgehead atoms. The van der Waals surface area contributed by atoms with Crippen LogP contribution in [0.2, 0.25) is 5.02 Å². The lowest BCUT2D eigenvalue weighted by atomic mass is 10.2. The lowest BCUT2D eigenvalue weighted by molar-refractivity contribution is -0.386. The minimum absolute atomic E-state index is 0.0979. The van der Waals surface area contributed by atoms with Crippen LogP contribution in [0.1, 0.15) is 17.0 Å². The number of hydrogen-bond donors (Lipinski definition) is 1. The molecule has 1 aromatic carbocycles. The van der Waals surface area contributed by atoms with Crippen LogP contribution in [0.5, 0.6) is 0 Å². The highest BCUT2D eigenvalue weighted by Crippen LogP contribution is 2.22. The maximum absolute atomic E-state index is 12.0. The van der Waals surface area contributed by atoms with Gasteiger partial charge in [-0.25, -0.2) is 0 Å². The third-order valence-electron chi connectivity index (χ3n) is 3.19. The maximum atomic E-state index is 12.0. The molecule has 0 aliphatic carbocycles. The van der Waals surface area contributed by atoms with Crippen molar-refractivity contribution < 1.29 is 9.72 Å². The molecule has 2 rings (SSSR count). The summed E-state index contributed by atoms with van der Waals surface area (Å²) in [6.45, 7) is 2.88. The van der Waals surface area contributed by atoms with Crippen molar-refractivity contribution in [3.8, 4) is 6.07 Å². The monoisotopic (exact) mass is 333 g/mol. The number of benzene rings is 1. The van der Waals surface area contributed by atoms with Crippen molar-refractivity contribution in [3.63, 3.8) is 0 Å². The van der Waals surface area contributed by atoms with Crippen LogP contribution >= 0.6 is 11.6 Å². The van der Waals surface area contributed by atoms with Gasteiger partial charge in [0, 0.05) is 5.69 Å². The zero-order valence-corrected chi connectivity index (χ0v) is 13.1. The summed E-state index contributed by atoms with van der Waals surface area (Å²) >= 11 is 5.89. The zero-order chi connectivity index (χ0) is 17.1. The van der Waals surface area contributed by atoms with E-state index >= 15 is 0 Å². The highest BCUT2D eigenvalue weighted by Gasteiger charge is 2.22. The molecule has 0 unspecified atom stereocenters. The van der Waals surface area contributed by atoms with Crippen LogP contribution in [0.3, 0.4) is 0 Å². The first-order chi connectivity index (χ1) is 10.8. The number of carbonyl (C=O) groups is 1. The molecular formula is C14H12ClN5O3. The van der Waals surface area contributed by atoms with Gasteiger partial charge < -0.3 is 5.32 Å². The van der Waals surface area contributed by atoms with Crippen molar-refractivity contribution in [2.75, 3.05) is 5.32 Å². The van der Waals surface area contributed by atoms with E-state index < -0.39 is 10.8 Å². The van der Waals surface area contributed by atoms with Crippen LogP contribution in [-0.2, 0) is 11.3 Å². The number of halogens is 1. The fourth-order valence-electron chi connectivity index (χ4n) is 2.13. The van der Waals surface area contributed by atoms with Crippen LogP contribution in [0.15, 0.2) is 18.2 Å². The third-order valence-corrected chi connectivity index (χ3v) is 3.51. The van der Waals surface area contributed by atoms with E-state index in [9.17, 15) is 14.9 Å². The number of amides is 1. The van der Waals surface area contributed by atoms with E-state index in [0.29, 0.717) is 16.9 Å². The lowest BCUT2D eigenvalue weighted by Gasteiger charge is -2.07. The third kappa shape index (κ3) is 3.46. The maximum Gasteiger partial charge on any atom is 0.312 e. The number of aryl methyl sites for hydroxylation is 1. The van der Waals surface area contributed by atoms with Crippen molar-refractivity contribution in [2.45, 2.75) is 20.4 Å². The van der Waals surface area contributed by atoms with E-state index in [4.69, 9.17) is 16.9 Å². The molecule has 1 amide bonds. The van der Waals surface area contributed by atoms with Crippen LogP contribution in [0.4, 0.5) is 11.4 Å². The van der Waals surface area contributed by atoms with Crippen LogP contribution < -0.4 is 5.32 Å². The van der Waals surface area contributed by atoms with Gasteiger partial charge >= 0.3 is 5.69 Å². The van der Waals surface area contributed by atoms with E-state index in [2.05, 4.69) is 10.4 Å². The predicted octanol–water partition coefficient (Wildman–Crippen LogP) is 2.57. The van der Waals surface area contributed by atoms with Gasteiger partial charge in [-0.3, -0.25) is 19.6 Å². The number of nitro groups is 1. The van der Waals surface area contributed by atoms with Crippen molar-refractivity contribution in [2.24, 2.45) is 0 Å². The Hall–Kier alpha value is -2.92. The number of nitrogens with zero attached hydrogens (tertiary/aromatic N) is 4. The minimum Gasteiger partial charge on any atom is -0.324 e.